The van der Waals surface area contributed by atoms with E-state index < -0.39 is 11.7 Å². The van der Waals surface area contributed by atoms with E-state index in [2.05, 4.69) is 39.8 Å². The molecule has 23 heavy (non-hydrogen) atoms. The van der Waals surface area contributed by atoms with E-state index in [9.17, 15) is 4.79 Å². The number of guanidine groups is 1. The lowest BCUT2D eigenvalue weighted by atomic mass is 10.2. The van der Waals surface area contributed by atoms with Crippen LogP contribution < -0.4 is 16.0 Å². The molecule has 7 nitrogen and oxygen atoms in total. The van der Waals surface area contributed by atoms with E-state index in [1.165, 1.54) is 12.8 Å². The zero-order chi connectivity index (χ0) is 17.5. The Morgan fingerprint density at radius 3 is 2.39 bits per heavy atom. The van der Waals surface area contributed by atoms with Gasteiger partial charge in [0.1, 0.15) is 5.60 Å². The fraction of sp³-hybridized carbons (Fsp3) is 0.875. The SMILES string of the molecule is CN=C(NCCNC(=O)OC(C)(C)C)NCC(C)N(C)C1CC1. The van der Waals surface area contributed by atoms with Crippen molar-refractivity contribution in [2.45, 2.75) is 58.2 Å². The Morgan fingerprint density at radius 2 is 1.87 bits per heavy atom. The molecular weight excluding hydrogens is 294 g/mol. The number of amides is 1. The van der Waals surface area contributed by atoms with Crippen molar-refractivity contribution in [1.82, 2.24) is 20.9 Å². The molecule has 0 heterocycles. The minimum Gasteiger partial charge on any atom is -0.444 e. The van der Waals surface area contributed by atoms with E-state index in [1.807, 2.05) is 20.8 Å². The first-order chi connectivity index (χ1) is 10.7. The lowest BCUT2D eigenvalue weighted by Crippen LogP contribution is -2.47. The minimum absolute atomic E-state index is 0.401. The fourth-order valence-corrected chi connectivity index (χ4v) is 2.11. The summed E-state index contributed by atoms with van der Waals surface area (Å²) < 4.78 is 5.18. The average Bonchev–Trinajstić information content (AvgIpc) is 3.28. The fourth-order valence-electron chi connectivity index (χ4n) is 2.11. The van der Waals surface area contributed by atoms with Crippen LogP contribution in [0.25, 0.3) is 0 Å². The largest absolute Gasteiger partial charge is 0.444 e. The molecule has 0 aromatic rings. The Morgan fingerprint density at radius 1 is 1.26 bits per heavy atom. The summed E-state index contributed by atoms with van der Waals surface area (Å²) >= 11 is 0. The normalized spacial score (nSPS) is 16.9. The number of likely N-dealkylation sites (N-methyl/N-ethyl adjacent to an activating group) is 1. The van der Waals surface area contributed by atoms with Crippen LogP contribution in [0.5, 0.6) is 0 Å². The molecule has 1 fully saturated rings. The van der Waals surface area contributed by atoms with Gasteiger partial charge in [-0.3, -0.25) is 9.89 Å². The van der Waals surface area contributed by atoms with Crippen LogP contribution in [0.15, 0.2) is 4.99 Å². The zero-order valence-corrected chi connectivity index (χ0v) is 15.4. The third-order valence-corrected chi connectivity index (χ3v) is 3.69. The molecule has 0 aliphatic heterocycles. The summed E-state index contributed by atoms with van der Waals surface area (Å²) in [5.74, 6) is 0.743. The maximum Gasteiger partial charge on any atom is 0.407 e. The van der Waals surface area contributed by atoms with Crippen LogP contribution in [0.2, 0.25) is 0 Å². The molecule has 1 atom stereocenters. The van der Waals surface area contributed by atoms with Crippen molar-refractivity contribution in [2.24, 2.45) is 4.99 Å². The van der Waals surface area contributed by atoms with Gasteiger partial charge in [-0.15, -0.1) is 0 Å². The Hall–Kier alpha value is -1.50. The molecule has 1 aliphatic carbocycles. The molecule has 0 radical (unpaired) electrons. The number of nitrogens with one attached hydrogen (secondary N) is 3. The second-order valence-electron chi connectivity index (χ2n) is 7.05. The molecule has 1 aliphatic rings. The monoisotopic (exact) mass is 327 g/mol. The van der Waals surface area contributed by atoms with Crippen LogP contribution in [0, 0.1) is 0 Å². The molecule has 7 heteroatoms. The van der Waals surface area contributed by atoms with E-state index >= 15 is 0 Å². The van der Waals surface area contributed by atoms with Gasteiger partial charge in [0, 0.05) is 38.8 Å². The number of rotatable bonds is 7. The lowest BCUT2D eigenvalue weighted by Gasteiger charge is -2.25. The van der Waals surface area contributed by atoms with Gasteiger partial charge in [0.25, 0.3) is 0 Å². The van der Waals surface area contributed by atoms with Crippen molar-refractivity contribution in [3.8, 4) is 0 Å². The third-order valence-electron chi connectivity index (χ3n) is 3.69. The highest BCUT2D eigenvalue weighted by atomic mass is 16.6. The number of ether oxygens (including phenoxy) is 1. The standard InChI is InChI=1S/C16H33N5O2/c1-12(21(6)13-7-8-13)11-20-14(17-5)18-9-10-19-15(22)23-16(2,3)4/h12-13H,7-11H2,1-6H3,(H,19,22)(H2,17,18,20). The topological polar surface area (TPSA) is 78.0 Å². The van der Waals surface area contributed by atoms with Crippen LogP contribution in [0.4, 0.5) is 4.79 Å². The summed E-state index contributed by atoms with van der Waals surface area (Å²) in [6.07, 6.45) is 2.22. The quantitative estimate of drug-likeness (QED) is 0.371. The van der Waals surface area contributed by atoms with Gasteiger partial charge in [-0.1, -0.05) is 0 Å². The second kappa shape index (κ2) is 8.96. The first kappa shape index (κ1) is 19.5. The predicted octanol–water partition coefficient (Wildman–Crippen LogP) is 1.16. The molecule has 3 N–H and O–H groups in total. The summed E-state index contributed by atoms with van der Waals surface area (Å²) in [6, 6.07) is 1.21. The molecule has 134 valence electrons. The smallest absolute Gasteiger partial charge is 0.407 e. The molecule has 1 unspecified atom stereocenters. The number of carbonyl (C=O) groups is 1. The van der Waals surface area contributed by atoms with Crippen molar-refractivity contribution in [3.63, 3.8) is 0 Å². The highest BCUT2D eigenvalue weighted by molar-refractivity contribution is 5.79. The molecule has 0 aromatic heterocycles. The first-order valence-corrected chi connectivity index (χ1v) is 8.36. The van der Waals surface area contributed by atoms with Gasteiger partial charge in [-0.05, 0) is 47.6 Å². The van der Waals surface area contributed by atoms with Crippen molar-refractivity contribution >= 4 is 12.1 Å². The zero-order valence-electron chi connectivity index (χ0n) is 15.4. The maximum atomic E-state index is 11.5. The molecule has 1 saturated carbocycles. The summed E-state index contributed by atoms with van der Waals surface area (Å²) in [7, 11) is 3.91. The van der Waals surface area contributed by atoms with Gasteiger partial charge in [-0.2, -0.15) is 0 Å². The Labute approximate surface area is 140 Å². The highest BCUT2D eigenvalue weighted by Crippen LogP contribution is 2.26. The Balaban J connectivity index is 2.15. The number of carbonyl (C=O) groups excluding carboxylic acids is 1. The molecule has 0 aromatic carbocycles. The first-order valence-electron chi connectivity index (χ1n) is 8.36. The Kier molecular flexibility index (Phi) is 7.61. The van der Waals surface area contributed by atoms with E-state index in [4.69, 9.17) is 4.74 Å². The molecular formula is C16H33N5O2. The van der Waals surface area contributed by atoms with Gasteiger partial charge < -0.3 is 20.7 Å². The average molecular weight is 327 g/mol. The van der Waals surface area contributed by atoms with Crippen molar-refractivity contribution in [1.29, 1.82) is 0 Å². The minimum atomic E-state index is -0.473. The number of alkyl carbamates (subject to hydrolysis) is 1. The van der Waals surface area contributed by atoms with Crippen molar-refractivity contribution in [3.05, 3.63) is 0 Å². The van der Waals surface area contributed by atoms with E-state index in [0.717, 1.165) is 18.5 Å². The summed E-state index contributed by atoms with van der Waals surface area (Å²) in [5.41, 5.74) is -0.473. The number of aliphatic imine (C=N–C) groups is 1. The van der Waals surface area contributed by atoms with Gasteiger partial charge in [0.2, 0.25) is 0 Å². The highest BCUT2D eigenvalue weighted by Gasteiger charge is 2.28. The number of hydrogen-bond acceptors (Lipinski definition) is 4. The van der Waals surface area contributed by atoms with E-state index in [-0.39, 0.29) is 0 Å². The van der Waals surface area contributed by atoms with Crippen molar-refractivity contribution < 1.29 is 9.53 Å². The molecule has 0 saturated heterocycles. The van der Waals surface area contributed by atoms with Crippen LogP contribution in [0.3, 0.4) is 0 Å². The van der Waals surface area contributed by atoms with Gasteiger partial charge >= 0.3 is 6.09 Å². The number of nitrogens with zero attached hydrogens (tertiary/aromatic N) is 2. The lowest BCUT2D eigenvalue weighted by molar-refractivity contribution is 0.0529. The third kappa shape index (κ3) is 8.64. The summed E-state index contributed by atoms with van der Waals surface area (Å²) in [4.78, 5) is 18.1. The van der Waals surface area contributed by atoms with Crippen LogP contribution in [0.1, 0.15) is 40.5 Å². The molecule has 0 spiro atoms. The van der Waals surface area contributed by atoms with Gasteiger partial charge in [-0.25, -0.2) is 4.79 Å². The van der Waals surface area contributed by atoms with Gasteiger partial charge in [0.15, 0.2) is 5.96 Å². The number of hydrogen-bond donors (Lipinski definition) is 3. The molecule has 0 bridgehead atoms. The predicted molar refractivity (Wildman–Crippen MR) is 93.8 cm³/mol. The van der Waals surface area contributed by atoms with E-state index in [1.54, 1.807) is 7.05 Å². The van der Waals surface area contributed by atoms with Crippen LogP contribution in [-0.2, 0) is 4.74 Å². The van der Waals surface area contributed by atoms with Crippen LogP contribution in [-0.4, -0.2) is 68.4 Å². The Bertz CT molecular complexity index is 402. The maximum absolute atomic E-state index is 11.5. The van der Waals surface area contributed by atoms with E-state index in [0.29, 0.717) is 19.1 Å². The summed E-state index contributed by atoms with van der Waals surface area (Å²) in [6.45, 7) is 9.65. The van der Waals surface area contributed by atoms with Gasteiger partial charge in [0.05, 0.1) is 0 Å². The van der Waals surface area contributed by atoms with Crippen molar-refractivity contribution in [2.75, 3.05) is 33.7 Å². The second-order valence-corrected chi connectivity index (χ2v) is 7.05. The molecule has 1 amide bonds. The summed E-state index contributed by atoms with van der Waals surface area (Å²) in [5, 5.41) is 9.20. The van der Waals surface area contributed by atoms with Crippen LogP contribution >= 0.6 is 0 Å². The molecule has 1 rings (SSSR count).